The summed E-state index contributed by atoms with van der Waals surface area (Å²) in [6.45, 7) is 0.428. The molecule has 0 fully saturated rings. The molecule has 0 radical (unpaired) electrons. The zero-order valence-electron chi connectivity index (χ0n) is 13.6. The van der Waals surface area contributed by atoms with Gasteiger partial charge in [0.15, 0.2) is 23.0 Å². The number of hydrogen-bond donors (Lipinski definition) is 1. The van der Waals surface area contributed by atoms with Crippen LogP contribution in [0.3, 0.4) is 0 Å². The Bertz CT molecular complexity index is 838. The largest absolute Gasteiger partial charge is 0.492 e. The fourth-order valence-corrected chi connectivity index (χ4v) is 2.95. The maximum atomic E-state index is 10.5. The summed E-state index contributed by atoms with van der Waals surface area (Å²) in [7, 11) is 0. The van der Waals surface area contributed by atoms with Gasteiger partial charge in [0.25, 0.3) is 0 Å². The van der Waals surface area contributed by atoms with Crippen molar-refractivity contribution in [3.8, 4) is 28.7 Å². The normalized spacial score (nSPS) is 11.8. The van der Waals surface area contributed by atoms with E-state index in [2.05, 4.69) is 0 Å². The van der Waals surface area contributed by atoms with Gasteiger partial charge in [-0.2, -0.15) is 0 Å². The number of hydrogen-bond acceptors (Lipinski definition) is 4. The molecule has 3 rings (SSSR count). The molecule has 0 aliphatic carbocycles. The first-order valence-electron chi connectivity index (χ1n) is 7.97. The molecule has 1 N–H and O–H groups in total. The van der Waals surface area contributed by atoms with E-state index in [4.69, 9.17) is 54.1 Å². The molecule has 1 heterocycles. The third-order valence-electron chi connectivity index (χ3n) is 3.72. The van der Waals surface area contributed by atoms with E-state index in [9.17, 15) is 4.79 Å². The molecule has 0 bridgehead atoms. The highest BCUT2D eigenvalue weighted by Gasteiger charge is 2.22. The van der Waals surface area contributed by atoms with E-state index in [0.29, 0.717) is 56.8 Å². The summed E-state index contributed by atoms with van der Waals surface area (Å²) in [6.07, 6.45) is 2.28. The fraction of sp³-hybridized carbons (Fsp3) is 0.278. The number of fused-ring (bicyclic) bond motifs is 2. The van der Waals surface area contributed by atoms with Crippen molar-refractivity contribution >= 4 is 40.8 Å². The summed E-state index contributed by atoms with van der Waals surface area (Å²) in [4.78, 5) is 10.5. The predicted molar refractivity (Wildman–Crippen MR) is 99.7 cm³/mol. The molecule has 1 aliphatic rings. The van der Waals surface area contributed by atoms with Crippen molar-refractivity contribution in [2.75, 3.05) is 6.61 Å². The summed E-state index contributed by atoms with van der Waals surface area (Å²) in [5.74, 6) is 1.50. The van der Waals surface area contributed by atoms with Crippen molar-refractivity contribution < 1.29 is 24.1 Å². The van der Waals surface area contributed by atoms with Crippen molar-refractivity contribution in [2.24, 2.45) is 0 Å². The van der Waals surface area contributed by atoms with Crippen LogP contribution in [-0.2, 0) is 4.79 Å². The van der Waals surface area contributed by atoms with Crippen LogP contribution in [0.1, 0.15) is 25.7 Å². The summed E-state index contributed by atoms with van der Waals surface area (Å²) >= 11 is 18.2. The number of rotatable bonds is 7. The molecule has 138 valence electrons. The van der Waals surface area contributed by atoms with Crippen LogP contribution in [0.2, 0.25) is 15.1 Å². The molecule has 2 aromatic carbocycles. The molecule has 0 unspecified atom stereocenters. The molecular formula is C18H15Cl3O5. The first-order valence-corrected chi connectivity index (χ1v) is 9.10. The number of ether oxygens (including phenoxy) is 3. The van der Waals surface area contributed by atoms with E-state index in [1.807, 2.05) is 0 Å². The van der Waals surface area contributed by atoms with E-state index in [1.165, 1.54) is 0 Å². The van der Waals surface area contributed by atoms with Crippen molar-refractivity contribution in [1.82, 2.24) is 0 Å². The van der Waals surface area contributed by atoms with E-state index in [-0.39, 0.29) is 6.42 Å². The molecule has 5 nitrogen and oxygen atoms in total. The van der Waals surface area contributed by atoms with Gasteiger partial charge in [-0.3, -0.25) is 4.79 Å². The maximum Gasteiger partial charge on any atom is 0.303 e. The molecule has 2 aromatic rings. The van der Waals surface area contributed by atoms with Gasteiger partial charge in [0.2, 0.25) is 0 Å². The van der Waals surface area contributed by atoms with Crippen LogP contribution < -0.4 is 14.2 Å². The van der Waals surface area contributed by atoms with Crippen molar-refractivity contribution in [1.29, 1.82) is 0 Å². The Kier molecular flexibility index (Phi) is 6.01. The van der Waals surface area contributed by atoms with Gasteiger partial charge in [0, 0.05) is 30.7 Å². The standard InChI is InChI=1S/C18H15Cl3O5/c19-10-6-14-15(7-11(10)20)26-17-9-13(12(21)8-16(17)25-14)24-5-3-1-2-4-18(22)23/h6-9H,1-5H2,(H,22,23). The Morgan fingerprint density at radius 3 is 1.96 bits per heavy atom. The van der Waals surface area contributed by atoms with Gasteiger partial charge >= 0.3 is 5.97 Å². The van der Waals surface area contributed by atoms with Crippen molar-refractivity contribution in [2.45, 2.75) is 25.7 Å². The quantitative estimate of drug-likeness (QED) is 0.440. The van der Waals surface area contributed by atoms with Gasteiger partial charge in [-0.05, 0) is 19.3 Å². The lowest BCUT2D eigenvalue weighted by atomic mass is 10.2. The third-order valence-corrected chi connectivity index (χ3v) is 4.73. The predicted octanol–water partition coefficient (Wildman–Crippen LogP) is 6.57. The molecule has 1 aliphatic heterocycles. The van der Waals surface area contributed by atoms with Gasteiger partial charge < -0.3 is 19.3 Å². The number of carboxylic acid groups (broad SMARTS) is 1. The van der Waals surface area contributed by atoms with Gasteiger partial charge in [-0.25, -0.2) is 0 Å². The minimum absolute atomic E-state index is 0.163. The average Bonchev–Trinajstić information content (AvgIpc) is 2.58. The van der Waals surface area contributed by atoms with Crippen LogP contribution >= 0.6 is 34.8 Å². The molecule has 0 spiro atoms. The molecule has 0 saturated heterocycles. The number of unbranched alkanes of at least 4 members (excludes halogenated alkanes) is 2. The van der Waals surface area contributed by atoms with E-state index in [1.54, 1.807) is 24.3 Å². The molecule has 0 atom stereocenters. The topological polar surface area (TPSA) is 65.0 Å². The van der Waals surface area contributed by atoms with Crippen LogP contribution in [0, 0.1) is 0 Å². The number of benzene rings is 2. The molecule has 0 amide bonds. The van der Waals surface area contributed by atoms with E-state index < -0.39 is 5.97 Å². The number of carboxylic acids is 1. The smallest absolute Gasteiger partial charge is 0.303 e. The Morgan fingerprint density at radius 1 is 0.846 bits per heavy atom. The second-order valence-corrected chi connectivity index (χ2v) is 6.92. The van der Waals surface area contributed by atoms with Crippen LogP contribution in [0.5, 0.6) is 28.7 Å². The number of aliphatic carboxylic acids is 1. The number of carbonyl (C=O) groups is 1. The summed E-state index contributed by atoms with van der Waals surface area (Å²) in [5.41, 5.74) is 0. The molecule has 0 saturated carbocycles. The molecule has 0 aromatic heterocycles. The third kappa shape index (κ3) is 4.47. The van der Waals surface area contributed by atoms with E-state index in [0.717, 1.165) is 12.8 Å². The summed E-state index contributed by atoms with van der Waals surface area (Å²) in [5, 5.41) is 9.73. The molecule has 26 heavy (non-hydrogen) atoms. The second-order valence-electron chi connectivity index (χ2n) is 5.70. The fourth-order valence-electron chi connectivity index (χ4n) is 2.43. The lowest BCUT2D eigenvalue weighted by Gasteiger charge is -2.22. The Labute approximate surface area is 165 Å². The van der Waals surface area contributed by atoms with Crippen LogP contribution in [0.25, 0.3) is 0 Å². The first kappa shape index (κ1) is 19.0. The van der Waals surface area contributed by atoms with E-state index >= 15 is 0 Å². The number of halogens is 3. The van der Waals surface area contributed by atoms with Crippen LogP contribution in [0.4, 0.5) is 0 Å². The lowest BCUT2D eigenvalue weighted by Crippen LogP contribution is -2.02. The maximum absolute atomic E-state index is 10.5. The lowest BCUT2D eigenvalue weighted by molar-refractivity contribution is -0.137. The first-order chi connectivity index (χ1) is 12.4. The van der Waals surface area contributed by atoms with Gasteiger partial charge in [0.1, 0.15) is 5.75 Å². The van der Waals surface area contributed by atoms with Gasteiger partial charge in [0.05, 0.1) is 21.7 Å². The van der Waals surface area contributed by atoms with Crippen molar-refractivity contribution in [3.63, 3.8) is 0 Å². The van der Waals surface area contributed by atoms with Crippen LogP contribution in [0.15, 0.2) is 24.3 Å². The second kappa shape index (κ2) is 8.25. The molecular weight excluding hydrogens is 403 g/mol. The molecule has 8 heteroatoms. The highest BCUT2D eigenvalue weighted by atomic mass is 35.5. The Hall–Kier alpha value is -1.82. The Balaban J connectivity index is 1.65. The minimum Gasteiger partial charge on any atom is -0.492 e. The monoisotopic (exact) mass is 416 g/mol. The van der Waals surface area contributed by atoms with Crippen molar-refractivity contribution in [3.05, 3.63) is 39.3 Å². The summed E-state index contributed by atoms with van der Waals surface area (Å²) in [6, 6.07) is 6.43. The highest BCUT2D eigenvalue weighted by molar-refractivity contribution is 6.42. The average molecular weight is 418 g/mol. The van der Waals surface area contributed by atoms with Gasteiger partial charge in [-0.15, -0.1) is 0 Å². The zero-order valence-corrected chi connectivity index (χ0v) is 15.8. The zero-order chi connectivity index (χ0) is 18.7. The minimum atomic E-state index is -0.789. The highest BCUT2D eigenvalue weighted by Crippen LogP contribution is 2.50. The van der Waals surface area contributed by atoms with Gasteiger partial charge in [-0.1, -0.05) is 34.8 Å². The Morgan fingerprint density at radius 2 is 1.38 bits per heavy atom. The summed E-state index contributed by atoms with van der Waals surface area (Å²) < 4.78 is 17.3. The SMILES string of the molecule is O=C(O)CCCCCOc1cc2c(cc1Cl)Oc1cc(Cl)c(Cl)cc1O2. The van der Waals surface area contributed by atoms with Crippen LogP contribution in [-0.4, -0.2) is 17.7 Å².